The molecule has 0 saturated carbocycles. The lowest BCUT2D eigenvalue weighted by Gasteiger charge is -2.08. The molecule has 2 rings (SSSR count). The molecule has 2 aromatic rings. The summed E-state index contributed by atoms with van der Waals surface area (Å²) in [5, 5.41) is 0. The van der Waals surface area contributed by atoms with Gasteiger partial charge < -0.3 is 0 Å². The fourth-order valence-corrected chi connectivity index (χ4v) is 2.17. The SMILES string of the molecule is Cc1cc(C(=O)NS)nc(-c2cc(C)cc(C(=O)NS)n2)c1. The van der Waals surface area contributed by atoms with Gasteiger partial charge in [0.05, 0.1) is 11.4 Å². The summed E-state index contributed by atoms with van der Waals surface area (Å²) in [6, 6.07) is 6.87. The van der Waals surface area contributed by atoms with E-state index in [0.717, 1.165) is 11.1 Å². The van der Waals surface area contributed by atoms with E-state index in [9.17, 15) is 9.59 Å². The van der Waals surface area contributed by atoms with Gasteiger partial charge in [-0.1, -0.05) is 25.6 Å². The van der Waals surface area contributed by atoms with Crippen LogP contribution >= 0.6 is 25.6 Å². The molecule has 22 heavy (non-hydrogen) atoms. The molecule has 0 radical (unpaired) electrons. The number of hydrogen-bond acceptors (Lipinski definition) is 6. The molecule has 0 spiro atoms. The van der Waals surface area contributed by atoms with Gasteiger partial charge >= 0.3 is 0 Å². The Morgan fingerprint density at radius 2 is 1.18 bits per heavy atom. The molecular weight excluding hydrogens is 320 g/mol. The van der Waals surface area contributed by atoms with Crippen LogP contribution in [0.3, 0.4) is 0 Å². The number of carbonyl (C=O) groups excluding carboxylic acids is 2. The van der Waals surface area contributed by atoms with Crippen LogP contribution in [0.1, 0.15) is 32.1 Å². The molecule has 2 N–H and O–H groups in total. The average molecular weight is 334 g/mol. The third-order valence-corrected chi connectivity index (χ3v) is 3.28. The van der Waals surface area contributed by atoms with Gasteiger partial charge in [-0.15, -0.1) is 0 Å². The van der Waals surface area contributed by atoms with Crippen LogP contribution in [0.25, 0.3) is 11.4 Å². The number of aryl methyl sites for hydroxylation is 2. The van der Waals surface area contributed by atoms with Crippen molar-refractivity contribution in [3.63, 3.8) is 0 Å². The van der Waals surface area contributed by atoms with E-state index < -0.39 is 11.8 Å². The number of amides is 2. The molecule has 2 aromatic heterocycles. The first kappa shape index (κ1) is 16.3. The standard InChI is InChI=1S/C14H14N4O2S2/c1-7-3-9(15-11(5-7)13(19)17-21)10-4-8(2)6-12(16-10)14(20)18-22/h3-6,21-22H,1-2H3,(H,17,19)(H,18,20). The lowest BCUT2D eigenvalue weighted by molar-refractivity contribution is 0.0971. The van der Waals surface area contributed by atoms with Crippen LogP contribution in [0.4, 0.5) is 0 Å². The number of nitrogens with one attached hydrogen (secondary N) is 2. The Morgan fingerprint density at radius 3 is 1.50 bits per heavy atom. The summed E-state index contributed by atoms with van der Waals surface area (Å²) >= 11 is 7.48. The van der Waals surface area contributed by atoms with Crippen molar-refractivity contribution < 1.29 is 9.59 Å². The van der Waals surface area contributed by atoms with Crippen molar-refractivity contribution >= 4 is 37.4 Å². The second kappa shape index (κ2) is 6.80. The van der Waals surface area contributed by atoms with Crippen molar-refractivity contribution in [2.75, 3.05) is 0 Å². The van der Waals surface area contributed by atoms with Crippen LogP contribution in [-0.2, 0) is 0 Å². The van der Waals surface area contributed by atoms with Crippen molar-refractivity contribution in [3.05, 3.63) is 46.8 Å². The summed E-state index contributed by atoms with van der Waals surface area (Å²) < 4.78 is 4.47. The van der Waals surface area contributed by atoms with Gasteiger partial charge in [-0.3, -0.25) is 19.0 Å². The zero-order valence-electron chi connectivity index (χ0n) is 11.9. The summed E-state index contributed by atoms with van der Waals surface area (Å²) in [4.78, 5) is 31.9. The van der Waals surface area contributed by atoms with E-state index in [1.807, 2.05) is 13.8 Å². The van der Waals surface area contributed by atoms with Gasteiger partial charge in [0.2, 0.25) is 0 Å². The maximum Gasteiger partial charge on any atom is 0.279 e. The predicted molar refractivity (Wildman–Crippen MR) is 89.8 cm³/mol. The van der Waals surface area contributed by atoms with Crippen LogP contribution in [0.5, 0.6) is 0 Å². The first-order chi connectivity index (χ1) is 10.4. The smallest absolute Gasteiger partial charge is 0.279 e. The van der Waals surface area contributed by atoms with Gasteiger partial charge in [0.1, 0.15) is 11.4 Å². The van der Waals surface area contributed by atoms with Gasteiger partial charge in [0.15, 0.2) is 0 Å². The Kier molecular flexibility index (Phi) is 5.04. The summed E-state index contributed by atoms with van der Waals surface area (Å²) in [7, 11) is 0. The third-order valence-electron chi connectivity index (χ3n) is 2.87. The van der Waals surface area contributed by atoms with Gasteiger partial charge in [0.25, 0.3) is 11.8 Å². The van der Waals surface area contributed by atoms with E-state index in [1.54, 1.807) is 24.3 Å². The second-order valence-corrected chi connectivity index (χ2v) is 5.16. The molecule has 0 aliphatic carbocycles. The zero-order chi connectivity index (χ0) is 16.3. The summed E-state index contributed by atoms with van der Waals surface area (Å²) in [5.74, 6) is -0.816. The van der Waals surface area contributed by atoms with Crippen LogP contribution in [0.2, 0.25) is 0 Å². The molecule has 2 amide bonds. The summed E-state index contributed by atoms with van der Waals surface area (Å²) in [5.41, 5.74) is 3.16. The molecule has 0 aliphatic rings. The average Bonchev–Trinajstić information content (AvgIpc) is 2.52. The van der Waals surface area contributed by atoms with Gasteiger partial charge in [-0.25, -0.2) is 9.97 Å². The monoisotopic (exact) mass is 334 g/mol. The highest BCUT2D eigenvalue weighted by molar-refractivity contribution is 7.79. The number of aromatic nitrogens is 2. The summed E-state index contributed by atoms with van der Waals surface area (Å²) in [6.07, 6.45) is 0. The Labute approximate surface area is 138 Å². The lowest BCUT2D eigenvalue weighted by atomic mass is 10.1. The predicted octanol–water partition coefficient (Wildman–Crippen LogP) is 1.91. The highest BCUT2D eigenvalue weighted by Gasteiger charge is 2.13. The van der Waals surface area contributed by atoms with E-state index >= 15 is 0 Å². The zero-order valence-corrected chi connectivity index (χ0v) is 13.7. The van der Waals surface area contributed by atoms with Crippen LogP contribution in [0, 0.1) is 13.8 Å². The first-order valence-corrected chi connectivity index (χ1v) is 7.20. The van der Waals surface area contributed by atoms with Crippen molar-refractivity contribution in [1.29, 1.82) is 0 Å². The molecule has 0 aliphatic heterocycles. The molecular formula is C14H14N4O2S2. The highest BCUT2D eigenvalue weighted by atomic mass is 32.1. The van der Waals surface area contributed by atoms with E-state index in [4.69, 9.17) is 0 Å². The third kappa shape index (κ3) is 3.58. The maximum absolute atomic E-state index is 11.7. The number of pyridine rings is 2. The topological polar surface area (TPSA) is 84.0 Å². The van der Waals surface area contributed by atoms with Crippen LogP contribution in [-0.4, -0.2) is 21.8 Å². The van der Waals surface area contributed by atoms with Crippen molar-refractivity contribution in [2.45, 2.75) is 13.8 Å². The number of nitrogens with zero attached hydrogens (tertiary/aromatic N) is 2. The van der Waals surface area contributed by atoms with Gasteiger partial charge in [-0.2, -0.15) is 0 Å². The minimum Gasteiger partial charge on any atom is -0.297 e. The lowest BCUT2D eigenvalue weighted by Crippen LogP contribution is -2.16. The normalized spacial score (nSPS) is 10.2. The Bertz CT molecular complexity index is 686. The molecule has 8 heteroatoms. The molecule has 114 valence electrons. The van der Waals surface area contributed by atoms with E-state index in [2.05, 4.69) is 45.0 Å². The van der Waals surface area contributed by atoms with E-state index in [-0.39, 0.29) is 11.4 Å². The molecule has 0 unspecified atom stereocenters. The first-order valence-electron chi connectivity index (χ1n) is 6.31. The van der Waals surface area contributed by atoms with E-state index in [0.29, 0.717) is 11.4 Å². The minimum absolute atomic E-state index is 0.230. The largest absolute Gasteiger partial charge is 0.297 e. The van der Waals surface area contributed by atoms with Crippen molar-refractivity contribution in [2.24, 2.45) is 0 Å². The van der Waals surface area contributed by atoms with Crippen LogP contribution in [0.15, 0.2) is 24.3 Å². The minimum atomic E-state index is -0.408. The fraction of sp³-hybridized carbons (Fsp3) is 0.143. The number of carbonyl (C=O) groups is 2. The highest BCUT2D eigenvalue weighted by Crippen LogP contribution is 2.19. The van der Waals surface area contributed by atoms with Crippen LogP contribution < -0.4 is 9.44 Å². The fourth-order valence-electron chi connectivity index (χ4n) is 1.94. The Morgan fingerprint density at radius 1 is 0.818 bits per heavy atom. The van der Waals surface area contributed by atoms with E-state index in [1.165, 1.54) is 0 Å². The van der Waals surface area contributed by atoms with Gasteiger partial charge in [0, 0.05) is 0 Å². The molecule has 6 nitrogen and oxygen atoms in total. The molecule has 0 aromatic carbocycles. The molecule has 0 fully saturated rings. The second-order valence-electron chi connectivity index (χ2n) is 4.71. The van der Waals surface area contributed by atoms with Crippen molar-refractivity contribution in [1.82, 2.24) is 19.4 Å². The molecule has 0 bridgehead atoms. The number of rotatable bonds is 3. The molecule has 2 heterocycles. The maximum atomic E-state index is 11.7. The Balaban J connectivity index is 2.56. The number of thiol groups is 2. The quantitative estimate of drug-likeness (QED) is 0.646. The van der Waals surface area contributed by atoms with Crippen molar-refractivity contribution in [3.8, 4) is 11.4 Å². The van der Waals surface area contributed by atoms with Gasteiger partial charge in [-0.05, 0) is 49.2 Å². The Hall–Kier alpha value is -2.06. The summed E-state index contributed by atoms with van der Waals surface area (Å²) in [6.45, 7) is 3.69. The number of hydrogen-bond donors (Lipinski definition) is 4. The molecule has 0 saturated heterocycles. The molecule has 0 atom stereocenters.